The summed E-state index contributed by atoms with van der Waals surface area (Å²) in [5.41, 5.74) is -0.346. The summed E-state index contributed by atoms with van der Waals surface area (Å²) in [5, 5.41) is 10.2. The van der Waals surface area contributed by atoms with E-state index in [0.29, 0.717) is 25.0 Å². The van der Waals surface area contributed by atoms with Crippen molar-refractivity contribution in [2.75, 3.05) is 26.7 Å². The van der Waals surface area contributed by atoms with Crippen LogP contribution < -0.4 is 21.3 Å². The van der Waals surface area contributed by atoms with Crippen LogP contribution in [0.25, 0.3) is 0 Å². The Kier molecular flexibility index (Phi) is 26.0. The normalized spacial score (nSPS) is 17.0. The number of likely N-dealkylation sites (tertiary alicyclic amines) is 1. The summed E-state index contributed by atoms with van der Waals surface area (Å²) in [6, 6.07) is -2.05. The van der Waals surface area contributed by atoms with E-state index >= 15 is 0 Å². The van der Waals surface area contributed by atoms with Gasteiger partial charge < -0.3 is 26.1 Å². The number of rotatable bonds is 13. The van der Waals surface area contributed by atoms with Gasteiger partial charge in [-0.1, -0.05) is 95.1 Å². The van der Waals surface area contributed by atoms with Crippen LogP contribution in [0.15, 0.2) is 12.7 Å². The van der Waals surface area contributed by atoms with E-state index < -0.39 is 29.8 Å². The van der Waals surface area contributed by atoms with Crippen LogP contribution in [0.4, 0.5) is 4.79 Å². The molecule has 11 heteroatoms. The number of hydrogen-bond donors (Lipinski definition) is 4. The largest absolute Gasteiger partial charge is 0.346 e. The number of nitrogens with one attached hydrogen (secondary N) is 4. The van der Waals surface area contributed by atoms with E-state index in [9.17, 15) is 28.8 Å². The molecule has 1 rings (SSSR count). The predicted octanol–water partition coefficient (Wildman–Crippen LogP) is 4.05. The fourth-order valence-electron chi connectivity index (χ4n) is 3.82. The van der Waals surface area contributed by atoms with Gasteiger partial charge in [0.1, 0.15) is 6.29 Å². The molecule has 0 aromatic heterocycles. The molecular formula is C33H63N5O6. The highest BCUT2D eigenvalue weighted by Gasteiger charge is 2.35. The number of Topliss-reactive ketones (excluding diaryl/α,β-unsaturated/α-hetero) is 2. The number of urea groups is 1. The lowest BCUT2D eigenvalue weighted by Gasteiger charge is -2.26. The average Bonchev–Trinajstić information content (AvgIpc) is 3.31. The third-order valence-electron chi connectivity index (χ3n) is 6.32. The zero-order chi connectivity index (χ0) is 35.0. The number of amides is 4. The molecule has 0 radical (unpaired) electrons. The first kappa shape index (κ1) is 45.4. The Morgan fingerprint density at radius 2 is 1.55 bits per heavy atom. The van der Waals surface area contributed by atoms with Gasteiger partial charge in [0, 0.05) is 19.0 Å². The maximum absolute atomic E-state index is 12.4. The van der Waals surface area contributed by atoms with Crippen LogP contribution in [0.3, 0.4) is 0 Å². The first-order chi connectivity index (χ1) is 20.5. The van der Waals surface area contributed by atoms with E-state index in [1.807, 2.05) is 53.5 Å². The van der Waals surface area contributed by atoms with Crippen LogP contribution in [-0.2, 0) is 24.0 Å². The summed E-state index contributed by atoms with van der Waals surface area (Å²) < 4.78 is 0. The molecule has 2 unspecified atom stereocenters. The SMILES string of the molecule is C=CCNC(=O)C(=O)C(CCC)NC(=O)[C@@H]1C[C@@H](C)CN1C.CC.CC(C)C(=O)CNC(=O)NC(C=O)C(C)(C)C.CCC. The minimum absolute atomic E-state index is 0.0147. The molecule has 4 atom stereocenters. The molecule has 4 amide bonds. The first-order valence-corrected chi connectivity index (χ1v) is 16.0. The average molecular weight is 626 g/mol. The smallest absolute Gasteiger partial charge is 0.315 e. The summed E-state index contributed by atoms with van der Waals surface area (Å²) in [5.74, 6) is -1.14. The maximum atomic E-state index is 12.4. The Bertz CT molecular complexity index is 884. The van der Waals surface area contributed by atoms with Gasteiger partial charge >= 0.3 is 6.03 Å². The van der Waals surface area contributed by atoms with E-state index in [0.717, 1.165) is 13.0 Å². The molecule has 0 spiro atoms. The highest BCUT2D eigenvalue weighted by atomic mass is 16.2. The second-order valence-electron chi connectivity index (χ2n) is 12.1. The number of ketones is 2. The topological polar surface area (TPSA) is 154 Å². The van der Waals surface area contributed by atoms with Crippen LogP contribution >= 0.6 is 0 Å². The van der Waals surface area contributed by atoms with Crippen LogP contribution in [0.2, 0.25) is 0 Å². The number of carbonyl (C=O) groups excluding carboxylic acids is 6. The third kappa shape index (κ3) is 20.0. The van der Waals surface area contributed by atoms with E-state index in [-0.39, 0.29) is 42.2 Å². The van der Waals surface area contributed by atoms with Crippen molar-refractivity contribution in [1.29, 1.82) is 0 Å². The molecule has 0 aliphatic carbocycles. The van der Waals surface area contributed by atoms with Gasteiger partial charge in [0.2, 0.25) is 11.7 Å². The van der Waals surface area contributed by atoms with E-state index in [1.54, 1.807) is 13.8 Å². The van der Waals surface area contributed by atoms with E-state index in [4.69, 9.17) is 0 Å². The molecule has 1 fully saturated rings. The minimum Gasteiger partial charge on any atom is -0.346 e. The Labute approximate surface area is 267 Å². The van der Waals surface area contributed by atoms with Gasteiger partial charge in [0.15, 0.2) is 5.78 Å². The molecule has 4 N–H and O–H groups in total. The van der Waals surface area contributed by atoms with Crippen LogP contribution in [-0.4, -0.2) is 85.4 Å². The van der Waals surface area contributed by atoms with Crippen molar-refractivity contribution < 1.29 is 28.8 Å². The third-order valence-corrected chi connectivity index (χ3v) is 6.32. The molecule has 256 valence electrons. The van der Waals surface area contributed by atoms with Crippen molar-refractivity contribution in [2.45, 2.75) is 120 Å². The number of carbonyl (C=O) groups is 6. The van der Waals surface area contributed by atoms with Crippen LogP contribution in [0, 0.1) is 17.3 Å². The van der Waals surface area contributed by atoms with Gasteiger partial charge in [0.25, 0.3) is 5.91 Å². The Hall–Kier alpha value is -3.08. The molecule has 11 nitrogen and oxygen atoms in total. The predicted molar refractivity (Wildman–Crippen MR) is 178 cm³/mol. The zero-order valence-corrected chi connectivity index (χ0v) is 29.6. The molecule has 1 aliphatic rings. The highest BCUT2D eigenvalue weighted by Crippen LogP contribution is 2.21. The summed E-state index contributed by atoms with van der Waals surface area (Å²) in [7, 11) is 1.90. The lowest BCUT2D eigenvalue weighted by molar-refractivity contribution is -0.140. The van der Waals surface area contributed by atoms with Crippen molar-refractivity contribution in [1.82, 2.24) is 26.2 Å². The number of hydrogen-bond acceptors (Lipinski definition) is 7. The molecule has 0 saturated carbocycles. The van der Waals surface area contributed by atoms with Gasteiger partial charge in [-0.05, 0) is 31.2 Å². The standard InChI is InChI=1S/C16H27N3O3.C12H22N2O3.C3H8.C2H6/c1-5-7-12(14(20)16(22)17-8-6-2)18-15(21)13-9-11(3)10-19(13)4;1-8(2)9(16)6-13-11(17)14-10(7-15)12(3,4)5;1-3-2;1-2/h6,11-13H,2,5,7-10H2,1,3-4H3,(H,17,22)(H,18,21);7-8,10H,6H2,1-5H3,(H2,13,14,17);3H2,1-2H3;1-2H3/t11-,12?,13+;;;/m1.../s1. The summed E-state index contributed by atoms with van der Waals surface area (Å²) in [4.78, 5) is 71.9. The summed E-state index contributed by atoms with van der Waals surface area (Å²) in [6.07, 6.45) is 5.40. The van der Waals surface area contributed by atoms with Crippen molar-refractivity contribution in [3.05, 3.63) is 12.7 Å². The van der Waals surface area contributed by atoms with Crippen molar-refractivity contribution in [3.8, 4) is 0 Å². The number of aldehydes is 1. The van der Waals surface area contributed by atoms with E-state index in [2.05, 4.69) is 48.6 Å². The second kappa shape index (κ2) is 25.3. The zero-order valence-electron chi connectivity index (χ0n) is 29.6. The van der Waals surface area contributed by atoms with Gasteiger partial charge in [-0.3, -0.25) is 24.1 Å². The van der Waals surface area contributed by atoms with Gasteiger partial charge in [0.05, 0.1) is 24.7 Å². The van der Waals surface area contributed by atoms with Gasteiger partial charge in [-0.2, -0.15) is 0 Å². The first-order valence-electron chi connectivity index (χ1n) is 16.0. The summed E-state index contributed by atoms with van der Waals surface area (Å²) in [6.45, 7) is 25.9. The van der Waals surface area contributed by atoms with Gasteiger partial charge in [-0.15, -0.1) is 6.58 Å². The van der Waals surface area contributed by atoms with Crippen LogP contribution in [0.1, 0.15) is 102 Å². The number of nitrogens with zero attached hydrogens (tertiary/aromatic N) is 1. The maximum Gasteiger partial charge on any atom is 0.315 e. The Morgan fingerprint density at radius 3 is 1.93 bits per heavy atom. The fraction of sp³-hybridized carbons (Fsp3) is 0.758. The lowest BCUT2D eigenvalue weighted by atomic mass is 9.88. The minimum atomic E-state index is -0.758. The fourth-order valence-corrected chi connectivity index (χ4v) is 3.82. The molecular weight excluding hydrogens is 562 g/mol. The molecule has 44 heavy (non-hydrogen) atoms. The highest BCUT2D eigenvalue weighted by molar-refractivity contribution is 6.38. The molecule has 0 aromatic carbocycles. The molecule has 0 bridgehead atoms. The molecule has 1 heterocycles. The Morgan fingerprint density at radius 1 is 1.00 bits per heavy atom. The Balaban J connectivity index is -0.000000683. The van der Waals surface area contributed by atoms with Gasteiger partial charge in [-0.25, -0.2) is 4.79 Å². The lowest BCUT2D eigenvalue weighted by Crippen LogP contribution is -2.51. The molecule has 0 aromatic rings. The van der Waals surface area contributed by atoms with E-state index in [1.165, 1.54) is 12.5 Å². The quantitative estimate of drug-likeness (QED) is 0.137. The monoisotopic (exact) mass is 625 g/mol. The van der Waals surface area contributed by atoms with Crippen molar-refractivity contribution >= 4 is 35.7 Å². The van der Waals surface area contributed by atoms with Crippen molar-refractivity contribution in [2.24, 2.45) is 17.3 Å². The second-order valence-corrected chi connectivity index (χ2v) is 12.1. The van der Waals surface area contributed by atoms with Crippen molar-refractivity contribution in [3.63, 3.8) is 0 Å². The molecule has 1 saturated heterocycles. The molecule has 1 aliphatic heterocycles. The van der Waals surface area contributed by atoms with Crippen LogP contribution in [0.5, 0.6) is 0 Å². The summed E-state index contributed by atoms with van der Waals surface area (Å²) >= 11 is 0. The number of likely N-dealkylation sites (N-methyl/N-ethyl adjacent to an activating group) is 1.